The highest BCUT2D eigenvalue weighted by atomic mass is 32.2. The predicted octanol–water partition coefficient (Wildman–Crippen LogP) is 3.50. The van der Waals surface area contributed by atoms with E-state index < -0.39 is 6.04 Å². The molecule has 148 valence electrons. The minimum atomic E-state index is -0.438. The molecule has 1 aliphatic carbocycles. The smallest absolute Gasteiger partial charge is 0.152 e. The van der Waals surface area contributed by atoms with Crippen molar-refractivity contribution in [1.82, 2.24) is 0 Å². The van der Waals surface area contributed by atoms with Crippen molar-refractivity contribution < 1.29 is 9.59 Å². The summed E-state index contributed by atoms with van der Waals surface area (Å²) in [5.74, 6) is 1.43. The SMILES string of the molecule is CSCC[C@H](N)C(=O)C(C)CC1=CC(C)CC(C[C@H](N)C(=O)C(C)C)=C1. The summed E-state index contributed by atoms with van der Waals surface area (Å²) in [6.45, 7) is 7.90. The summed E-state index contributed by atoms with van der Waals surface area (Å²) in [5.41, 5.74) is 14.5. The molecule has 1 rings (SSSR count). The van der Waals surface area contributed by atoms with E-state index in [-0.39, 0.29) is 29.4 Å². The van der Waals surface area contributed by atoms with E-state index in [1.54, 1.807) is 11.8 Å². The summed E-state index contributed by atoms with van der Waals surface area (Å²) < 4.78 is 0. The molecule has 0 aliphatic heterocycles. The lowest BCUT2D eigenvalue weighted by Crippen LogP contribution is -2.35. The summed E-state index contributed by atoms with van der Waals surface area (Å²) in [6, 6.07) is -0.813. The Hall–Kier alpha value is -0.910. The molecule has 1 aliphatic rings. The zero-order valence-electron chi connectivity index (χ0n) is 17.0. The highest BCUT2D eigenvalue weighted by molar-refractivity contribution is 7.98. The van der Waals surface area contributed by atoms with Crippen LogP contribution in [0.3, 0.4) is 0 Å². The first kappa shape index (κ1) is 23.1. The third-order valence-electron chi connectivity index (χ3n) is 4.91. The first-order valence-electron chi connectivity index (χ1n) is 9.63. The van der Waals surface area contributed by atoms with Crippen LogP contribution >= 0.6 is 11.8 Å². The van der Waals surface area contributed by atoms with Gasteiger partial charge < -0.3 is 11.5 Å². The second-order valence-electron chi connectivity index (χ2n) is 7.99. The van der Waals surface area contributed by atoms with Gasteiger partial charge in [0.2, 0.25) is 0 Å². The largest absolute Gasteiger partial charge is 0.321 e. The molecule has 26 heavy (non-hydrogen) atoms. The number of carbonyl (C=O) groups is 2. The van der Waals surface area contributed by atoms with E-state index in [4.69, 9.17) is 11.5 Å². The van der Waals surface area contributed by atoms with Crippen LogP contribution < -0.4 is 11.5 Å². The third-order valence-corrected chi connectivity index (χ3v) is 5.56. The summed E-state index contributed by atoms with van der Waals surface area (Å²) in [6.07, 6.45) is 9.36. The topological polar surface area (TPSA) is 86.2 Å². The van der Waals surface area contributed by atoms with Gasteiger partial charge in [0, 0.05) is 11.8 Å². The van der Waals surface area contributed by atoms with E-state index in [0.29, 0.717) is 18.8 Å². The molecule has 0 spiro atoms. The number of hydrogen-bond acceptors (Lipinski definition) is 5. The highest BCUT2D eigenvalue weighted by Gasteiger charge is 2.24. The van der Waals surface area contributed by atoms with E-state index in [0.717, 1.165) is 18.6 Å². The van der Waals surface area contributed by atoms with E-state index in [1.807, 2.05) is 27.0 Å². The average Bonchev–Trinajstić information content (AvgIpc) is 2.57. The van der Waals surface area contributed by atoms with E-state index in [1.165, 1.54) is 11.1 Å². The van der Waals surface area contributed by atoms with Gasteiger partial charge in [-0.05, 0) is 43.6 Å². The lowest BCUT2D eigenvalue weighted by Gasteiger charge is -2.23. The van der Waals surface area contributed by atoms with Crippen molar-refractivity contribution in [3.05, 3.63) is 23.3 Å². The molecular formula is C21H36N2O2S. The summed E-state index contributed by atoms with van der Waals surface area (Å²) in [4.78, 5) is 24.6. The van der Waals surface area contributed by atoms with Crippen LogP contribution in [0.2, 0.25) is 0 Å². The quantitative estimate of drug-likeness (QED) is 0.573. The number of nitrogens with two attached hydrogens (primary N) is 2. The zero-order valence-corrected chi connectivity index (χ0v) is 17.8. The van der Waals surface area contributed by atoms with Gasteiger partial charge in [-0.2, -0.15) is 11.8 Å². The average molecular weight is 381 g/mol. The molecule has 0 bridgehead atoms. The molecule has 0 radical (unpaired) electrons. The van der Waals surface area contributed by atoms with Gasteiger partial charge in [0.05, 0.1) is 12.1 Å². The second kappa shape index (κ2) is 11.1. The van der Waals surface area contributed by atoms with E-state index >= 15 is 0 Å². The van der Waals surface area contributed by atoms with Crippen LogP contribution in [-0.2, 0) is 9.59 Å². The standard InChI is InChI=1S/C21H36N2O2S/c1-13(2)20(24)19(23)12-17-9-14(3)8-16(11-17)10-15(4)21(25)18(22)6-7-26-5/h8,11,13-15,18-19H,6-7,9-10,12,22-23H2,1-5H3/t14?,15?,18-,19-/m0/s1. The van der Waals surface area contributed by atoms with Crippen LogP contribution in [0.1, 0.15) is 53.4 Å². The zero-order chi connectivity index (χ0) is 19.9. The maximum atomic E-state index is 12.5. The molecule has 5 heteroatoms. The Morgan fingerprint density at radius 3 is 2.38 bits per heavy atom. The number of Topliss-reactive ketones (excluding diaryl/α,β-unsaturated/α-hetero) is 2. The summed E-state index contributed by atoms with van der Waals surface area (Å²) >= 11 is 1.71. The molecule has 0 amide bonds. The Labute approximate surface area is 163 Å². The molecule has 2 unspecified atom stereocenters. The fourth-order valence-electron chi connectivity index (χ4n) is 3.49. The molecule has 0 aromatic carbocycles. The molecule has 4 atom stereocenters. The highest BCUT2D eigenvalue weighted by Crippen LogP contribution is 2.29. The monoisotopic (exact) mass is 380 g/mol. The number of thioether (sulfide) groups is 1. The van der Waals surface area contributed by atoms with Crippen LogP contribution in [0.15, 0.2) is 23.3 Å². The van der Waals surface area contributed by atoms with Crippen molar-refractivity contribution in [3.8, 4) is 0 Å². The fraction of sp³-hybridized carbons (Fsp3) is 0.714. The van der Waals surface area contributed by atoms with Gasteiger partial charge in [-0.25, -0.2) is 0 Å². The summed E-state index contributed by atoms with van der Waals surface area (Å²) in [5, 5.41) is 0. The van der Waals surface area contributed by atoms with Crippen molar-refractivity contribution in [2.45, 2.75) is 65.5 Å². The van der Waals surface area contributed by atoms with Crippen LogP contribution in [0, 0.1) is 17.8 Å². The summed E-state index contributed by atoms with van der Waals surface area (Å²) in [7, 11) is 0. The molecule has 4 N–H and O–H groups in total. The number of ketones is 2. The second-order valence-corrected chi connectivity index (χ2v) is 8.97. The third kappa shape index (κ3) is 7.37. The molecule has 0 saturated carbocycles. The van der Waals surface area contributed by atoms with Gasteiger partial charge in [0.15, 0.2) is 11.6 Å². The number of allylic oxidation sites excluding steroid dienone is 3. The van der Waals surface area contributed by atoms with Gasteiger partial charge in [-0.3, -0.25) is 9.59 Å². The normalized spacial score (nSPS) is 21.0. The Bertz CT molecular complexity index is 554. The minimum absolute atomic E-state index is 0.0398. The van der Waals surface area contributed by atoms with Crippen LogP contribution in [0.4, 0.5) is 0 Å². The first-order valence-corrected chi connectivity index (χ1v) is 11.0. The molecule has 0 aromatic rings. The molecule has 0 fully saturated rings. The van der Waals surface area contributed by atoms with Gasteiger partial charge in [0.25, 0.3) is 0 Å². The number of hydrogen-bond donors (Lipinski definition) is 2. The molecule has 4 nitrogen and oxygen atoms in total. The van der Waals surface area contributed by atoms with Crippen molar-refractivity contribution >= 4 is 23.3 Å². The molecule has 0 saturated heterocycles. The number of carbonyl (C=O) groups excluding carboxylic acids is 2. The Balaban J connectivity index is 2.72. The molecule has 0 aromatic heterocycles. The predicted molar refractivity (Wildman–Crippen MR) is 112 cm³/mol. The Morgan fingerprint density at radius 2 is 1.81 bits per heavy atom. The van der Waals surface area contributed by atoms with Crippen molar-refractivity contribution in [2.24, 2.45) is 29.2 Å². The first-order chi connectivity index (χ1) is 12.1. The van der Waals surface area contributed by atoms with Gasteiger partial charge in [0.1, 0.15) is 0 Å². The van der Waals surface area contributed by atoms with Crippen molar-refractivity contribution in [1.29, 1.82) is 0 Å². The molecular weight excluding hydrogens is 344 g/mol. The van der Waals surface area contributed by atoms with Crippen molar-refractivity contribution in [3.63, 3.8) is 0 Å². The van der Waals surface area contributed by atoms with Gasteiger partial charge >= 0.3 is 0 Å². The lowest BCUT2D eigenvalue weighted by atomic mass is 9.83. The van der Waals surface area contributed by atoms with Crippen LogP contribution in [0.5, 0.6) is 0 Å². The fourth-order valence-corrected chi connectivity index (χ4v) is 3.98. The van der Waals surface area contributed by atoms with Crippen LogP contribution in [-0.4, -0.2) is 35.7 Å². The van der Waals surface area contributed by atoms with Gasteiger partial charge in [-0.1, -0.05) is 51.0 Å². The van der Waals surface area contributed by atoms with E-state index in [2.05, 4.69) is 19.1 Å². The Morgan fingerprint density at radius 1 is 1.15 bits per heavy atom. The van der Waals surface area contributed by atoms with Crippen LogP contribution in [0.25, 0.3) is 0 Å². The number of rotatable bonds is 11. The lowest BCUT2D eigenvalue weighted by molar-refractivity contribution is -0.124. The minimum Gasteiger partial charge on any atom is -0.321 e. The van der Waals surface area contributed by atoms with E-state index in [9.17, 15) is 9.59 Å². The maximum Gasteiger partial charge on any atom is 0.152 e. The van der Waals surface area contributed by atoms with Gasteiger partial charge in [-0.15, -0.1) is 0 Å². The maximum absolute atomic E-state index is 12.5. The Kier molecular flexibility index (Phi) is 9.83. The molecule has 0 heterocycles. The van der Waals surface area contributed by atoms with Crippen molar-refractivity contribution in [2.75, 3.05) is 12.0 Å².